The van der Waals surface area contributed by atoms with E-state index in [0.29, 0.717) is 0 Å². The lowest BCUT2D eigenvalue weighted by molar-refractivity contribution is -0.139. The summed E-state index contributed by atoms with van der Waals surface area (Å²) in [6.07, 6.45) is -2.06. The molecule has 1 aromatic heterocycles. The Morgan fingerprint density at radius 2 is 2.25 bits per heavy atom. The number of aromatic amines is 1. The number of alkyl halides is 2. The minimum atomic E-state index is -2.69. The van der Waals surface area contributed by atoms with Crippen molar-refractivity contribution < 1.29 is 18.3 Å². The third kappa shape index (κ3) is 2.77. The van der Waals surface area contributed by atoms with Crippen molar-refractivity contribution in [2.24, 2.45) is 0 Å². The number of H-pyrrole nitrogens is 1. The lowest BCUT2D eigenvalue weighted by Gasteiger charge is -2.07. The molecule has 88 valence electrons. The first-order valence-corrected chi connectivity index (χ1v) is 5.30. The van der Waals surface area contributed by atoms with Crippen LogP contribution in [0.4, 0.5) is 8.78 Å². The quantitative estimate of drug-likeness (QED) is 0.671. The molecule has 0 aliphatic carbocycles. The van der Waals surface area contributed by atoms with Crippen molar-refractivity contribution >= 4 is 28.6 Å². The predicted octanol–water partition coefficient (Wildman–Crippen LogP) is 1.63. The van der Waals surface area contributed by atoms with E-state index >= 15 is 0 Å². The molecule has 0 aliphatic rings. The van der Waals surface area contributed by atoms with Gasteiger partial charge < -0.3 is 9.72 Å². The van der Waals surface area contributed by atoms with Crippen LogP contribution < -0.4 is 5.56 Å². The Morgan fingerprint density at radius 1 is 1.62 bits per heavy atom. The highest BCUT2D eigenvalue weighted by atomic mass is 127. The number of esters is 1. The van der Waals surface area contributed by atoms with Gasteiger partial charge >= 0.3 is 5.97 Å². The second-order valence-corrected chi connectivity index (χ2v) is 4.00. The summed E-state index contributed by atoms with van der Waals surface area (Å²) >= 11 is 1.62. The molecule has 0 spiro atoms. The van der Waals surface area contributed by atoms with Crippen LogP contribution in [-0.2, 0) is 16.0 Å². The number of hydrogen-bond donors (Lipinski definition) is 1. The number of aromatic nitrogens is 1. The van der Waals surface area contributed by atoms with E-state index in [2.05, 4.69) is 9.72 Å². The van der Waals surface area contributed by atoms with Crippen molar-refractivity contribution in [3.63, 3.8) is 0 Å². The number of halogens is 3. The van der Waals surface area contributed by atoms with E-state index in [9.17, 15) is 18.4 Å². The smallest absolute Gasteiger partial charge is 0.310 e. The van der Waals surface area contributed by atoms with E-state index in [1.165, 1.54) is 7.11 Å². The van der Waals surface area contributed by atoms with Crippen LogP contribution in [0.2, 0.25) is 0 Å². The molecule has 0 bridgehead atoms. The molecule has 0 unspecified atom stereocenters. The van der Waals surface area contributed by atoms with Gasteiger partial charge in [0.05, 0.1) is 13.5 Å². The maximum Gasteiger partial charge on any atom is 0.310 e. The summed E-state index contributed by atoms with van der Waals surface area (Å²) in [5, 5.41) is 0. The fourth-order valence-corrected chi connectivity index (χ4v) is 1.93. The molecule has 0 fully saturated rings. The van der Waals surface area contributed by atoms with Gasteiger partial charge in [-0.1, -0.05) is 0 Å². The predicted molar refractivity (Wildman–Crippen MR) is 60.5 cm³/mol. The number of carbonyl (C=O) groups excluding carboxylic acids is 1. The van der Waals surface area contributed by atoms with Crippen molar-refractivity contribution in [2.45, 2.75) is 12.8 Å². The normalized spacial score (nSPS) is 10.6. The second-order valence-electron chi connectivity index (χ2n) is 2.92. The summed E-state index contributed by atoms with van der Waals surface area (Å²) in [6.45, 7) is 0. The van der Waals surface area contributed by atoms with Gasteiger partial charge in [-0.3, -0.25) is 9.59 Å². The Bertz CT molecular complexity index is 459. The monoisotopic (exact) mass is 343 g/mol. The Labute approximate surface area is 103 Å². The minimum absolute atomic E-state index is 0.00486. The van der Waals surface area contributed by atoms with E-state index in [0.717, 1.165) is 6.20 Å². The second kappa shape index (κ2) is 5.37. The van der Waals surface area contributed by atoms with Gasteiger partial charge in [0.15, 0.2) is 0 Å². The molecule has 16 heavy (non-hydrogen) atoms. The zero-order valence-corrected chi connectivity index (χ0v) is 10.4. The lowest BCUT2D eigenvalue weighted by atomic mass is 10.1. The van der Waals surface area contributed by atoms with Crippen LogP contribution >= 0.6 is 22.6 Å². The third-order valence-corrected chi connectivity index (χ3v) is 3.21. The number of carbonyl (C=O) groups is 1. The number of rotatable bonds is 3. The molecule has 0 radical (unpaired) electrons. The number of nitrogens with one attached hydrogen (secondary N) is 1. The van der Waals surface area contributed by atoms with Gasteiger partial charge in [-0.25, -0.2) is 8.78 Å². The van der Waals surface area contributed by atoms with Gasteiger partial charge in [0.25, 0.3) is 12.0 Å². The summed E-state index contributed by atoms with van der Waals surface area (Å²) in [6, 6.07) is 0. The Hall–Kier alpha value is -0.990. The van der Waals surface area contributed by atoms with Gasteiger partial charge in [0, 0.05) is 20.9 Å². The molecule has 1 rings (SSSR count). The minimum Gasteiger partial charge on any atom is -0.469 e. The highest BCUT2D eigenvalue weighted by Gasteiger charge is 2.19. The fraction of sp³-hybridized carbons (Fsp3) is 0.333. The summed E-state index contributed by atoms with van der Waals surface area (Å²) in [5.74, 6) is -0.644. The van der Waals surface area contributed by atoms with E-state index < -0.39 is 18.0 Å². The van der Waals surface area contributed by atoms with Crippen LogP contribution in [0, 0.1) is 3.57 Å². The zero-order chi connectivity index (χ0) is 12.3. The summed E-state index contributed by atoms with van der Waals surface area (Å²) in [4.78, 5) is 24.5. The van der Waals surface area contributed by atoms with Gasteiger partial charge in [0.1, 0.15) is 0 Å². The SMILES string of the molecule is COC(=O)Cc1c(I)c(C(F)F)c[nH]c1=O. The first kappa shape index (κ1) is 13.1. The average Bonchev–Trinajstić information content (AvgIpc) is 2.23. The van der Waals surface area contributed by atoms with Gasteiger partial charge in [-0.2, -0.15) is 0 Å². The zero-order valence-electron chi connectivity index (χ0n) is 8.22. The molecule has 0 aromatic carbocycles. The van der Waals surface area contributed by atoms with Crippen molar-refractivity contribution in [3.8, 4) is 0 Å². The van der Waals surface area contributed by atoms with Crippen LogP contribution in [0.15, 0.2) is 11.0 Å². The van der Waals surface area contributed by atoms with E-state index in [1.807, 2.05) is 0 Å². The summed E-state index contributed by atoms with van der Waals surface area (Å²) < 4.78 is 29.5. The molecule has 4 nitrogen and oxygen atoms in total. The topological polar surface area (TPSA) is 59.2 Å². The van der Waals surface area contributed by atoms with Crippen LogP contribution in [-0.4, -0.2) is 18.1 Å². The summed E-state index contributed by atoms with van der Waals surface area (Å²) in [5.41, 5.74) is -0.844. The van der Waals surface area contributed by atoms with Crippen LogP contribution in [0.3, 0.4) is 0 Å². The standard InChI is InChI=1S/C9H8F2INO3/c1-16-6(14)2-4-7(12)5(8(10)11)3-13-9(4)15/h3,8H,2H2,1H3,(H,13,15). The highest BCUT2D eigenvalue weighted by molar-refractivity contribution is 14.1. The summed E-state index contributed by atoms with van der Waals surface area (Å²) in [7, 11) is 1.17. The molecule has 0 amide bonds. The largest absolute Gasteiger partial charge is 0.469 e. The molecule has 0 saturated carbocycles. The van der Waals surface area contributed by atoms with E-state index in [4.69, 9.17) is 0 Å². The van der Waals surface area contributed by atoms with Crippen LogP contribution in [0.25, 0.3) is 0 Å². The molecular weight excluding hydrogens is 335 g/mol. The third-order valence-electron chi connectivity index (χ3n) is 1.94. The molecule has 0 aliphatic heterocycles. The molecule has 1 N–H and O–H groups in total. The number of pyridine rings is 1. The first-order valence-electron chi connectivity index (χ1n) is 4.22. The maximum absolute atomic E-state index is 12.5. The van der Waals surface area contributed by atoms with E-state index in [-0.39, 0.29) is 21.1 Å². The number of methoxy groups -OCH3 is 1. The number of ether oxygens (including phenoxy) is 1. The van der Waals surface area contributed by atoms with Gasteiger partial charge in [-0.15, -0.1) is 0 Å². The fourth-order valence-electron chi connectivity index (χ4n) is 1.10. The van der Waals surface area contributed by atoms with Crippen LogP contribution in [0.1, 0.15) is 17.6 Å². The van der Waals surface area contributed by atoms with Crippen molar-refractivity contribution in [1.29, 1.82) is 0 Å². The first-order chi connectivity index (χ1) is 7.47. The molecule has 1 heterocycles. The Morgan fingerprint density at radius 3 is 2.75 bits per heavy atom. The molecule has 1 aromatic rings. The molecule has 7 heteroatoms. The van der Waals surface area contributed by atoms with Gasteiger partial charge in [-0.05, 0) is 22.6 Å². The van der Waals surface area contributed by atoms with Gasteiger partial charge in [0.2, 0.25) is 0 Å². The number of hydrogen-bond acceptors (Lipinski definition) is 3. The lowest BCUT2D eigenvalue weighted by Crippen LogP contribution is -2.20. The Balaban J connectivity index is 3.21. The van der Waals surface area contributed by atoms with Crippen molar-refractivity contribution in [3.05, 3.63) is 31.2 Å². The molecule has 0 atom stereocenters. The highest BCUT2D eigenvalue weighted by Crippen LogP contribution is 2.24. The Kier molecular flexibility index (Phi) is 4.39. The van der Waals surface area contributed by atoms with Crippen molar-refractivity contribution in [2.75, 3.05) is 7.11 Å². The van der Waals surface area contributed by atoms with E-state index in [1.54, 1.807) is 22.6 Å². The molecular formula is C9H8F2INO3. The molecule has 0 saturated heterocycles. The maximum atomic E-state index is 12.5. The van der Waals surface area contributed by atoms with Crippen LogP contribution in [0.5, 0.6) is 0 Å². The van der Waals surface area contributed by atoms with Crippen molar-refractivity contribution in [1.82, 2.24) is 4.98 Å². The average molecular weight is 343 g/mol.